The SMILES string of the molecule is COc1ccc(C2(c3ccc(OC)cc3)C=Cc3c4c(c5cc(Oc6ccccc6)c(OC)cc5c3O2)-c2ccc(C(F)(F)F)cc2C42CCCCCC2)cc1. The number of hydrogen-bond donors (Lipinski definition) is 0. The first-order valence-corrected chi connectivity index (χ1v) is 19.0. The van der Waals surface area contributed by atoms with Gasteiger partial charge < -0.3 is 23.7 Å². The first kappa shape index (κ1) is 35.8. The Bertz CT molecular complexity index is 2410. The van der Waals surface area contributed by atoms with Crippen molar-refractivity contribution in [1.82, 2.24) is 0 Å². The van der Waals surface area contributed by atoms with E-state index in [-0.39, 0.29) is 0 Å². The first-order valence-electron chi connectivity index (χ1n) is 19.0. The highest BCUT2D eigenvalue weighted by atomic mass is 19.4. The van der Waals surface area contributed by atoms with Crippen LogP contribution in [0.1, 0.15) is 71.9 Å². The molecule has 9 rings (SSSR count). The van der Waals surface area contributed by atoms with Crippen LogP contribution in [0.15, 0.2) is 115 Å². The van der Waals surface area contributed by atoms with E-state index < -0.39 is 22.8 Å². The molecule has 5 nitrogen and oxygen atoms in total. The Hall–Kier alpha value is -5.89. The van der Waals surface area contributed by atoms with Crippen LogP contribution in [0.25, 0.3) is 28.0 Å². The number of rotatable bonds is 7. The van der Waals surface area contributed by atoms with Crippen molar-refractivity contribution in [2.45, 2.75) is 55.7 Å². The summed E-state index contributed by atoms with van der Waals surface area (Å²) >= 11 is 0. The average molecular weight is 755 g/mol. The minimum atomic E-state index is -4.49. The third kappa shape index (κ3) is 5.68. The molecule has 0 unspecified atom stereocenters. The van der Waals surface area contributed by atoms with Crippen LogP contribution in [-0.4, -0.2) is 21.3 Å². The lowest BCUT2D eigenvalue weighted by atomic mass is 9.69. The fourth-order valence-electron chi connectivity index (χ4n) is 9.25. The standard InChI is InChI=1S/C48H41F3O5/c1-52-33-18-13-30(14-19-33)47(31-15-20-34(53-2)21-16-31)26-23-37-44-43(36-22-17-32(48(49,50)51)27-40(36)46(44)24-9-4-5-10-25-46)38-28-42(55-35-11-7-6-8-12-35)41(54-3)29-39(38)45(37)56-47/h6-8,11-23,26-29H,4-5,9-10,24-25H2,1-3H3. The lowest BCUT2D eigenvalue weighted by molar-refractivity contribution is -0.137. The smallest absolute Gasteiger partial charge is 0.416 e. The fraction of sp³-hybridized carbons (Fsp3) is 0.250. The Kier molecular flexibility index (Phi) is 8.75. The maximum Gasteiger partial charge on any atom is 0.416 e. The van der Waals surface area contributed by atoms with Crippen molar-refractivity contribution in [3.05, 3.63) is 149 Å². The van der Waals surface area contributed by atoms with E-state index in [1.807, 2.05) is 91.0 Å². The summed E-state index contributed by atoms with van der Waals surface area (Å²) in [7, 11) is 4.87. The molecule has 3 aliphatic rings. The summed E-state index contributed by atoms with van der Waals surface area (Å²) in [4.78, 5) is 0. The van der Waals surface area contributed by atoms with Crippen molar-refractivity contribution in [3.8, 4) is 45.6 Å². The molecule has 2 aliphatic carbocycles. The molecule has 284 valence electrons. The largest absolute Gasteiger partial charge is 0.497 e. The Morgan fingerprint density at radius 2 is 1.25 bits per heavy atom. The number of methoxy groups -OCH3 is 3. The van der Waals surface area contributed by atoms with Gasteiger partial charge in [0.25, 0.3) is 0 Å². The second kappa shape index (κ2) is 13.7. The molecule has 1 aliphatic heterocycles. The molecule has 1 spiro atoms. The first-order chi connectivity index (χ1) is 27.2. The van der Waals surface area contributed by atoms with Crippen LogP contribution in [-0.2, 0) is 17.2 Å². The third-order valence-electron chi connectivity index (χ3n) is 11.9. The second-order valence-corrected chi connectivity index (χ2v) is 14.8. The van der Waals surface area contributed by atoms with E-state index in [0.717, 1.165) is 88.2 Å². The van der Waals surface area contributed by atoms with Gasteiger partial charge in [-0.25, -0.2) is 0 Å². The van der Waals surface area contributed by atoms with Crippen molar-refractivity contribution < 1.29 is 36.9 Å². The van der Waals surface area contributed by atoms with Gasteiger partial charge in [0, 0.05) is 27.5 Å². The number of halogens is 3. The molecule has 0 radical (unpaired) electrons. The molecule has 1 saturated carbocycles. The summed E-state index contributed by atoms with van der Waals surface area (Å²) < 4.78 is 74.6. The molecular formula is C48H41F3O5. The third-order valence-corrected chi connectivity index (χ3v) is 11.9. The highest BCUT2D eigenvalue weighted by molar-refractivity contribution is 6.09. The van der Waals surface area contributed by atoms with E-state index in [0.29, 0.717) is 34.5 Å². The van der Waals surface area contributed by atoms with Crippen LogP contribution in [0.3, 0.4) is 0 Å². The van der Waals surface area contributed by atoms with Gasteiger partial charge in [0.1, 0.15) is 23.0 Å². The molecule has 0 amide bonds. The Balaban J connectivity index is 1.38. The molecule has 0 N–H and O–H groups in total. The predicted molar refractivity (Wildman–Crippen MR) is 212 cm³/mol. The summed E-state index contributed by atoms with van der Waals surface area (Å²) in [6.07, 6.45) is 5.05. The van der Waals surface area contributed by atoms with Crippen molar-refractivity contribution in [3.63, 3.8) is 0 Å². The maximum absolute atomic E-state index is 14.5. The fourth-order valence-corrected chi connectivity index (χ4v) is 9.25. The van der Waals surface area contributed by atoms with Crippen molar-refractivity contribution >= 4 is 16.8 Å². The summed E-state index contributed by atoms with van der Waals surface area (Å²) in [5, 5.41) is 1.59. The Labute approximate surface area is 324 Å². The second-order valence-electron chi connectivity index (χ2n) is 14.8. The van der Waals surface area contributed by atoms with E-state index >= 15 is 0 Å². The van der Waals surface area contributed by atoms with Gasteiger partial charge >= 0.3 is 6.18 Å². The number of para-hydroxylation sites is 1. The number of benzene rings is 6. The van der Waals surface area contributed by atoms with E-state index in [9.17, 15) is 13.2 Å². The zero-order valence-electron chi connectivity index (χ0n) is 31.5. The van der Waals surface area contributed by atoms with Crippen LogP contribution in [0.4, 0.5) is 13.2 Å². The van der Waals surface area contributed by atoms with Crippen LogP contribution in [0.2, 0.25) is 0 Å². The van der Waals surface area contributed by atoms with Crippen molar-refractivity contribution in [2.24, 2.45) is 0 Å². The summed E-state index contributed by atoms with van der Waals surface area (Å²) in [5.74, 6) is 3.67. The molecule has 56 heavy (non-hydrogen) atoms. The molecule has 6 aromatic carbocycles. The van der Waals surface area contributed by atoms with Crippen molar-refractivity contribution in [1.29, 1.82) is 0 Å². The zero-order valence-corrected chi connectivity index (χ0v) is 31.5. The summed E-state index contributed by atoms with van der Waals surface area (Å²) in [6, 6.07) is 33.4. The van der Waals surface area contributed by atoms with Gasteiger partial charge in [0.2, 0.25) is 0 Å². The molecule has 0 aromatic heterocycles. The quantitative estimate of drug-likeness (QED) is 0.162. The monoisotopic (exact) mass is 754 g/mol. The molecule has 6 aromatic rings. The van der Waals surface area contributed by atoms with Gasteiger partial charge in [-0.15, -0.1) is 0 Å². The van der Waals surface area contributed by atoms with E-state index in [4.69, 9.17) is 23.7 Å². The highest BCUT2D eigenvalue weighted by Gasteiger charge is 2.49. The van der Waals surface area contributed by atoms with E-state index in [1.165, 1.54) is 12.1 Å². The molecule has 1 fully saturated rings. The Morgan fingerprint density at radius 3 is 1.84 bits per heavy atom. The van der Waals surface area contributed by atoms with Gasteiger partial charge in [0.05, 0.1) is 26.9 Å². The number of hydrogen-bond acceptors (Lipinski definition) is 5. The minimum absolute atomic E-state index is 0.492. The predicted octanol–water partition coefficient (Wildman–Crippen LogP) is 12.6. The molecule has 0 atom stereocenters. The lowest BCUT2D eigenvalue weighted by Gasteiger charge is -2.39. The van der Waals surface area contributed by atoms with Crippen LogP contribution in [0, 0.1) is 0 Å². The van der Waals surface area contributed by atoms with Gasteiger partial charge in [-0.3, -0.25) is 0 Å². The van der Waals surface area contributed by atoms with Gasteiger partial charge in [-0.2, -0.15) is 13.2 Å². The minimum Gasteiger partial charge on any atom is -0.497 e. The number of alkyl halides is 3. The summed E-state index contributed by atoms with van der Waals surface area (Å²) in [5.41, 5.74) is 3.71. The van der Waals surface area contributed by atoms with Crippen LogP contribution >= 0.6 is 0 Å². The van der Waals surface area contributed by atoms with Gasteiger partial charge in [0.15, 0.2) is 17.1 Å². The molecule has 0 bridgehead atoms. The lowest BCUT2D eigenvalue weighted by Crippen LogP contribution is -2.35. The average Bonchev–Trinajstić information content (AvgIpc) is 3.32. The normalized spacial score (nSPS) is 16.3. The molecule has 8 heteroatoms. The van der Waals surface area contributed by atoms with Crippen LogP contribution < -0.4 is 23.7 Å². The molecular weight excluding hydrogens is 714 g/mol. The van der Waals surface area contributed by atoms with Crippen molar-refractivity contribution in [2.75, 3.05) is 21.3 Å². The zero-order chi connectivity index (χ0) is 38.7. The Morgan fingerprint density at radius 1 is 0.625 bits per heavy atom. The number of fused-ring (bicyclic) bond motifs is 10. The summed E-state index contributed by atoms with van der Waals surface area (Å²) in [6.45, 7) is 0. The number of ether oxygens (including phenoxy) is 5. The topological polar surface area (TPSA) is 46.2 Å². The molecule has 0 saturated heterocycles. The maximum atomic E-state index is 14.5. The van der Waals surface area contributed by atoms with Gasteiger partial charge in [-0.05, 0) is 107 Å². The highest BCUT2D eigenvalue weighted by Crippen LogP contribution is 2.63. The molecule has 1 heterocycles. The van der Waals surface area contributed by atoms with Crippen LogP contribution in [0.5, 0.6) is 34.5 Å². The van der Waals surface area contributed by atoms with E-state index in [2.05, 4.69) is 12.2 Å². The van der Waals surface area contributed by atoms with E-state index in [1.54, 1.807) is 27.4 Å². The van der Waals surface area contributed by atoms with Gasteiger partial charge in [-0.1, -0.05) is 80.3 Å².